The first-order valence-corrected chi connectivity index (χ1v) is 6.48. The summed E-state index contributed by atoms with van der Waals surface area (Å²) in [5.74, 6) is -1.30. The third-order valence-electron chi connectivity index (χ3n) is 3.07. The van der Waals surface area contributed by atoms with Gasteiger partial charge in [-0.3, -0.25) is 4.40 Å². The van der Waals surface area contributed by atoms with Gasteiger partial charge in [-0.25, -0.2) is 9.78 Å². The molecule has 0 saturated carbocycles. The molecule has 1 aromatic carbocycles. The SMILES string of the molecule is Cc1cccc(N=Nc2c(C(=O)O)nc3c(O)cccn23)c1. The van der Waals surface area contributed by atoms with Gasteiger partial charge in [-0.2, -0.15) is 0 Å². The van der Waals surface area contributed by atoms with Gasteiger partial charge in [0.2, 0.25) is 0 Å². The number of nitrogens with zero attached hydrogens (tertiary/aromatic N) is 4. The molecule has 0 amide bonds. The van der Waals surface area contributed by atoms with Crippen molar-refractivity contribution in [3.8, 4) is 5.75 Å². The lowest BCUT2D eigenvalue weighted by Gasteiger charge is -1.98. The summed E-state index contributed by atoms with van der Waals surface area (Å²) in [5.41, 5.74) is 1.48. The van der Waals surface area contributed by atoms with Gasteiger partial charge >= 0.3 is 5.97 Å². The molecule has 0 aliphatic carbocycles. The number of azo groups is 1. The Hall–Kier alpha value is -3.22. The fourth-order valence-electron chi connectivity index (χ4n) is 2.08. The number of imidazole rings is 1. The van der Waals surface area contributed by atoms with Crippen molar-refractivity contribution >= 4 is 23.1 Å². The summed E-state index contributed by atoms with van der Waals surface area (Å²) < 4.78 is 1.39. The van der Waals surface area contributed by atoms with Crippen molar-refractivity contribution in [2.45, 2.75) is 6.92 Å². The van der Waals surface area contributed by atoms with Gasteiger partial charge in [-0.15, -0.1) is 10.2 Å². The van der Waals surface area contributed by atoms with E-state index in [2.05, 4.69) is 15.2 Å². The fourth-order valence-corrected chi connectivity index (χ4v) is 2.08. The van der Waals surface area contributed by atoms with E-state index in [9.17, 15) is 15.0 Å². The first-order chi connectivity index (χ1) is 10.6. The van der Waals surface area contributed by atoms with E-state index in [4.69, 9.17) is 0 Å². The van der Waals surface area contributed by atoms with Crippen LogP contribution in [0.5, 0.6) is 5.75 Å². The molecule has 0 fully saturated rings. The third kappa shape index (κ3) is 2.39. The summed E-state index contributed by atoms with van der Waals surface area (Å²) in [6.07, 6.45) is 1.57. The number of pyridine rings is 1. The van der Waals surface area contributed by atoms with Crippen LogP contribution in [0.3, 0.4) is 0 Å². The molecular weight excluding hydrogens is 284 g/mol. The number of carbonyl (C=O) groups is 1. The number of carboxylic acid groups (broad SMARTS) is 1. The molecule has 0 aliphatic heterocycles. The average molecular weight is 296 g/mol. The molecule has 3 rings (SSSR count). The molecule has 0 saturated heterocycles. The molecule has 0 spiro atoms. The zero-order chi connectivity index (χ0) is 15.7. The Morgan fingerprint density at radius 2 is 2.05 bits per heavy atom. The Morgan fingerprint density at radius 1 is 1.23 bits per heavy atom. The molecule has 0 aliphatic rings. The highest BCUT2D eigenvalue weighted by Crippen LogP contribution is 2.28. The van der Waals surface area contributed by atoms with Crippen molar-refractivity contribution in [2.24, 2.45) is 10.2 Å². The van der Waals surface area contributed by atoms with Gasteiger partial charge in [0.25, 0.3) is 0 Å². The molecule has 7 nitrogen and oxygen atoms in total. The summed E-state index contributed by atoms with van der Waals surface area (Å²) in [4.78, 5) is 15.2. The molecule has 0 atom stereocenters. The number of fused-ring (bicyclic) bond motifs is 1. The quantitative estimate of drug-likeness (QED) is 0.723. The van der Waals surface area contributed by atoms with Crippen molar-refractivity contribution < 1.29 is 15.0 Å². The predicted octanol–water partition coefficient (Wildman–Crippen LogP) is 3.46. The van der Waals surface area contributed by atoms with E-state index in [0.717, 1.165) is 5.56 Å². The molecule has 2 heterocycles. The molecule has 0 bridgehead atoms. The largest absolute Gasteiger partial charge is 0.504 e. The maximum atomic E-state index is 11.3. The van der Waals surface area contributed by atoms with Crippen LogP contribution in [0, 0.1) is 6.92 Å². The number of aryl methyl sites for hydroxylation is 1. The molecular formula is C15H12N4O3. The van der Waals surface area contributed by atoms with E-state index in [1.54, 1.807) is 18.3 Å². The van der Waals surface area contributed by atoms with E-state index >= 15 is 0 Å². The monoisotopic (exact) mass is 296 g/mol. The molecule has 7 heteroatoms. The van der Waals surface area contributed by atoms with E-state index in [0.29, 0.717) is 5.69 Å². The second kappa shape index (κ2) is 5.28. The second-order valence-electron chi connectivity index (χ2n) is 4.72. The van der Waals surface area contributed by atoms with Crippen molar-refractivity contribution in [1.82, 2.24) is 9.38 Å². The highest BCUT2D eigenvalue weighted by molar-refractivity contribution is 5.92. The average Bonchev–Trinajstić information content (AvgIpc) is 2.86. The summed E-state index contributed by atoms with van der Waals surface area (Å²) in [7, 11) is 0. The third-order valence-corrected chi connectivity index (χ3v) is 3.07. The first kappa shape index (κ1) is 13.7. The summed E-state index contributed by atoms with van der Waals surface area (Å²) >= 11 is 0. The van der Waals surface area contributed by atoms with Crippen LogP contribution in [0.15, 0.2) is 52.8 Å². The zero-order valence-corrected chi connectivity index (χ0v) is 11.6. The van der Waals surface area contributed by atoms with Crippen molar-refractivity contribution in [3.05, 3.63) is 53.9 Å². The first-order valence-electron chi connectivity index (χ1n) is 6.48. The molecule has 2 aromatic heterocycles. The Kier molecular flexibility index (Phi) is 3.30. The zero-order valence-electron chi connectivity index (χ0n) is 11.6. The number of aromatic carboxylic acids is 1. The molecule has 110 valence electrons. The van der Waals surface area contributed by atoms with Crippen LogP contribution in [-0.2, 0) is 0 Å². The van der Waals surface area contributed by atoms with Crippen molar-refractivity contribution in [3.63, 3.8) is 0 Å². The van der Waals surface area contributed by atoms with Crippen molar-refractivity contribution in [2.75, 3.05) is 0 Å². The van der Waals surface area contributed by atoms with Crippen LogP contribution in [-0.4, -0.2) is 25.6 Å². The number of aromatic nitrogens is 2. The summed E-state index contributed by atoms with van der Waals surface area (Å²) in [5, 5.41) is 27.1. The predicted molar refractivity (Wildman–Crippen MR) is 79.2 cm³/mol. The molecule has 3 aromatic rings. The van der Waals surface area contributed by atoms with Gasteiger partial charge < -0.3 is 10.2 Å². The second-order valence-corrected chi connectivity index (χ2v) is 4.72. The van der Waals surface area contributed by atoms with Gasteiger partial charge in [0.05, 0.1) is 5.69 Å². The summed E-state index contributed by atoms with van der Waals surface area (Å²) in [6, 6.07) is 10.3. The van der Waals surface area contributed by atoms with E-state index in [1.165, 1.54) is 10.5 Å². The molecule has 0 unspecified atom stereocenters. The Bertz CT molecular complexity index is 899. The van der Waals surface area contributed by atoms with Crippen LogP contribution < -0.4 is 0 Å². The Balaban J connectivity index is 2.15. The number of aromatic hydroxyl groups is 1. The van der Waals surface area contributed by atoms with Crippen LogP contribution >= 0.6 is 0 Å². The van der Waals surface area contributed by atoms with Gasteiger partial charge in [0.1, 0.15) is 0 Å². The standard InChI is InChI=1S/C15H12N4O3/c1-9-4-2-5-10(8-9)17-18-14-12(15(21)22)16-13-11(20)6-3-7-19(13)14/h2-8,20H,1H3,(H,21,22). The normalized spacial score (nSPS) is 11.3. The lowest BCUT2D eigenvalue weighted by Crippen LogP contribution is -1.96. The Labute approximate surface area is 125 Å². The lowest BCUT2D eigenvalue weighted by atomic mass is 10.2. The Morgan fingerprint density at radius 3 is 2.77 bits per heavy atom. The number of benzene rings is 1. The minimum absolute atomic E-state index is 0.0555. The smallest absolute Gasteiger partial charge is 0.358 e. The minimum atomic E-state index is -1.23. The maximum Gasteiger partial charge on any atom is 0.358 e. The number of rotatable bonds is 3. The van der Waals surface area contributed by atoms with E-state index in [1.807, 2.05) is 25.1 Å². The number of hydrogen-bond donors (Lipinski definition) is 2. The van der Waals surface area contributed by atoms with E-state index < -0.39 is 5.97 Å². The maximum absolute atomic E-state index is 11.3. The number of hydrogen-bond acceptors (Lipinski definition) is 5. The summed E-state index contributed by atoms with van der Waals surface area (Å²) in [6.45, 7) is 1.92. The molecule has 2 N–H and O–H groups in total. The van der Waals surface area contributed by atoms with Gasteiger partial charge in [0, 0.05) is 6.20 Å². The minimum Gasteiger partial charge on any atom is -0.504 e. The highest BCUT2D eigenvalue weighted by Gasteiger charge is 2.19. The van der Waals surface area contributed by atoms with Crippen LogP contribution in [0.4, 0.5) is 11.5 Å². The van der Waals surface area contributed by atoms with Crippen LogP contribution in [0.1, 0.15) is 16.1 Å². The van der Waals surface area contributed by atoms with Gasteiger partial charge in [-0.05, 0) is 36.8 Å². The fraction of sp³-hybridized carbons (Fsp3) is 0.0667. The van der Waals surface area contributed by atoms with E-state index in [-0.39, 0.29) is 22.9 Å². The van der Waals surface area contributed by atoms with Gasteiger partial charge in [-0.1, -0.05) is 12.1 Å². The highest BCUT2D eigenvalue weighted by atomic mass is 16.4. The lowest BCUT2D eigenvalue weighted by molar-refractivity contribution is 0.0692. The van der Waals surface area contributed by atoms with Crippen LogP contribution in [0.25, 0.3) is 5.65 Å². The number of carboxylic acids is 1. The van der Waals surface area contributed by atoms with Crippen molar-refractivity contribution in [1.29, 1.82) is 0 Å². The molecule has 22 heavy (non-hydrogen) atoms. The van der Waals surface area contributed by atoms with Crippen LogP contribution in [0.2, 0.25) is 0 Å². The van der Waals surface area contributed by atoms with Gasteiger partial charge in [0.15, 0.2) is 22.9 Å². The topological polar surface area (TPSA) is 99.5 Å². The molecule has 0 radical (unpaired) electrons.